The summed E-state index contributed by atoms with van der Waals surface area (Å²) in [7, 11) is -3.45. The molecule has 1 fully saturated rings. The normalized spacial score (nSPS) is 22.7. The summed E-state index contributed by atoms with van der Waals surface area (Å²) in [4.78, 5) is 18.6. The Hall–Kier alpha value is -2.34. The van der Waals surface area contributed by atoms with Crippen LogP contribution in [0, 0.1) is 0 Å². The Morgan fingerprint density at radius 2 is 1.81 bits per heavy atom. The molecule has 3 heterocycles. The molecule has 36 heavy (non-hydrogen) atoms. The summed E-state index contributed by atoms with van der Waals surface area (Å²) in [6.45, 7) is 0.592. The SMILES string of the molecule is CS(=O)(=O)CC(=O)N1CC2(C1)OCc1cc(C3=NOC(c4cc(Cl)cc(Cl)c4)(C(F)(F)F)C3)ccc12. The molecule has 0 N–H and O–H groups in total. The van der Waals surface area contributed by atoms with Crippen LogP contribution < -0.4 is 0 Å². The van der Waals surface area contributed by atoms with Crippen molar-refractivity contribution in [3.8, 4) is 0 Å². The average molecular weight is 563 g/mol. The van der Waals surface area contributed by atoms with Crippen molar-refractivity contribution in [3.05, 3.63) is 68.7 Å². The number of sulfone groups is 1. The Balaban J connectivity index is 1.37. The molecule has 2 aromatic rings. The lowest BCUT2D eigenvalue weighted by Crippen LogP contribution is -2.62. The number of fused-ring (bicyclic) bond motifs is 2. The molecule has 1 unspecified atom stereocenters. The van der Waals surface area contributed by atoms with E-state index >= 15 is 0 Å². The third-order valence-electron chi connectivity index (χ3n) is 6.58. The first kappa shape index (κ1) is 25.3. The number of carbonyl (C=O) groups excluding carboxylic acids is 1. The minimum Gasteiger partial charge on any atom is -0.374 e. The number of nitrogens with zero attached hydrogens (tertiary/aromatic N) is 2. The number of likely N-dealkylation sites (tertiary alicyclic amines) is 1. The van der Waals surface area contributed by atoms with Crippen LogP contribution in [0.3, 0.4) is 0 Å². The molecule has 0 bridgehead atoms. The van der Waals surface area contributed by atoms with Crippen LogP contribution in [-0.4, -0.2) is 56.2 Å². The lowest BCUT2D eigenvalue weighted by Gasteiger charge is -2.47. The van der Waals surface area contributed by atoms with Crippen LogP contribution in [0.5, 0.6) is 0 Å². The zero-order valence-corrected chi connectivity index (χ0v) is 21.1. The van der Waals surface area contributed by atoms with Gasteiger partial charge in [-0.2, -0.15) is 13.2 Å². The fourth-order valence-electron chi connectivity index (χ4n) is 4.80. The smallest absolute Gasteiger partial charge is 0.374 e. The highest BCUT2D eigenvalue weighted by Crippen LogP contribution is 2.50. The van der Waals surface area contributed by atoms with Crippen molar-refractivity contribution >= 4 is 44.7 Å². The molecular weight excluding hydrogens is 544 g/mol. The molecule has 2 aromatic carbocycles. The molecule has 0 aliphatic carbocycles. The van der Waals surface area contributed by atoms with Gasteiger partial charge in [0, 0.05) is 28.3 Å². The molecule has 5 rings (SSSR count). The molecule has 1 atom stereocenters. The van der Waals surface area contributed by atoms with E-state index in [9.17, 15) is 26.4 Å². The van der Waals surface area contributed by atoms with Gasteiger partial charge < -0.3 is 14.5 Å². The van der Waals surface area contributed by atoms with Gasteiger partial charge in [-0.15, -0.1) is 0 Å². The summed E-state index contributed by atoms with van der Waals surface area (Å²) in [5, 5.41) is 3.88. The second kappa shape index (κ2) is 8.34. The Kier molecular flexibility index (Phi) is 5.86. The maximum Gasteiger partial charge on any atom is 0.435 e. The Bertz CT molecular complexity index is 1390. The Labute approximate surface area is 214 Å². The predicted octanol–water partition coefficient (Wildman–Crippen LogP) is 4.19. The number of rotatable bonds is 4. The molecule has 3 aliphatic rings. The van der Waals surface area contributed by atoms with Gasteiger partial charge in [0.2, 0.25) is 5.91 Å². The van der Waals surface area contributed by atoms with Crippen molar-refractivity contribution in [2.75, 3.05) is 25.1 Å². The molecule has 13 heteroatoms. The van der Waals surface area contributed by atoms with Gasteiger partial charge in [-0.05, 0) is 41.0 Å². The van der Waals surface area contributed by atoms with E-state index in [1.807, 2.05) is 0 Å². The highest BCUT2D eigenvalue weighted by atomic mass is 35.5. The molecule has 3 aliphatic heterocycles. The average Bonchev–Trinajstić information content (AvgIpc) is 3.33. The zero-order chi connectivity index (χ0) is 26.1. The summed E-state index contributed by atoms with van der Waals surface area (Å²) in [6, 6.07) is 8.73. The van der Waals surface area contributed by atoms with Gasteiger partial charge in [0.05, 0.1) is 25.4 Å². The Morgan fingerprint density at radius 1 is 1.14 bits per heavy atom. The minimum atomic E-state index is -4.80. The van der Waals surface area contributed by atoms with E-state index in [-0.39, 0.29) is 41.0 Å². The first-order chi connectivity index (χ1) is 16.7. The topological polar surface area (TPSA) is 85.3 Å². The summed E-state index contributed by atoms with van der Waals surface area (Å²) >= 11 is 11.9. The number of carbonyl (C=O) groups is 1. The van der Waals surface area contributed by atoms with Gasteiger partial charge in [0.15, 0.2) is 9.84 Å². The highest BCUT2D eigenvalue weighted by molar-refractivity contribution is 7.91. The van der Waals surface area contributed by atoms with Crippen LogP contribution in [0.25, 0.3) is 0 Å². The molecule has 192 valence electrons. The number of halogens is 5. The number of amides is 1. The summed E-state index contributed by atoms with van der Waals surface area (Å²) in [5.74, 6) is -1.08. The van der Waals surface area contributed by atoms with E-state index in [1.165, 1.54) is 11.0 Å². The Morgan fingerprint density at radius 3 is 2.42 bits per heavy atom. The van der Waals surface area contributed by atoms with Crippen molar-refractivity contribution in [1.82, 2.24) is 4.90 Å². The van der Waals surface area contributed by atoms with Crippen LogP contribution in [0.2, 0.25) is 10.0 Å². The molecule has 1 saturated heterocycles. The van der Waals surface area contributed by atoms with E-state index < -0.39 is 45.3 Å². The zero-order valence-electron chi connectivity index (χ0n) is 18.7. The fourth-order valence-corrected chi connectivity index (χ4v) is 5.96. The largest absolute Gasteiger partial charge is 0.435 e. The predicted molar refractivity (Wildman–Crippen MR) is 126 cm³/mol. The lowest BCUT2D eigenvalue weighted by atomic mass is 9.83. The minimum absolute atomic E-state index is 0.0442. The quantitative estimate of drug-likeness (QED) is 0.558. The summed E-state index contributed by atoms with van der Waals surface area (Å²) < 4.78 is 71.5. The molecule has 0 radical (unpaired) electrons. The van der Waals surface area contributed by atoms with Crippen molar-refractivity contribution < 1.29 is 36.0 Å². The van der Waals surface area contributed by atoms with Gasteiger partial charge in [-0.1, -0.05) is 40.5 Å². The summed E-state index contributed by atoms with van der Waals surface area (Å²) in [6.07, 6.45) is -4.39. The molecule has 0 saturated carbocycles. The van der Waals surface area contributed by atoms with E-state index in [2.05, 4.69) is 5.16 Å². The maximum atomic E-state index is 14.3. The van der Waals surface area contributed by atoms with E-state index in [0.717, 1.165) is 29.5 Å². The van der Waals surface area contributed by atoms with Crippen LogP contribution in [0.4, 0.5) is 13.2 Å². The molecular formula is C23H19Cl2F3N2O5S. The van der Waals surface area contributed by atoms with Crippen molar-refractivity contribution in [1.29, 1.82) is 0 Å². The standard InChI is InChI=1S/C23H19Cl2F3N2O5S/c1-36(32,33)10-20(31)30-11-21(12-30)18-3-2-13(4-14(18)9-34-21)19-8-22(35-29-19,23(26,27)28)15-5-16(24)7-17(25)6-15/h2-7H,8-12H2,1H3. The van der Waals surface area contributed by atoms with Crippen LogP contribution in [0.1, 0.15) is 28.7 Å². The van der Waals surface area contributed by atoms with E-state index in [4.69, 9.17) is 32.8 Å². The molecule has 0 aromatic heterocycles. The highest BCUT2D eigenvalue weighted by Gasteiger charge is 2.62. The third-order valence-corrected chi connectivity index (χ3v) is 7.79. The van der Waals surface area contributed by atoms with Crippen molar-refractivity contribution in [2.24, 2.45) is 5.16 Å². The molecule has 7 nitrogen and oxygen atoms in total. The van der Waals surface area contributed by atoms with E-state index in [1.54, 1.807) is 18.2 Å². The first-order valence-corrected chi connectivity index (χ1v) is 13.5. The number of benzene rings is 2. The number of alkyl halides is 3. The fraction of sp³-hybridized carbons (Fsp3) is 0.391. The number of hydrogen-bond acceptors (Lipinski definition) is 6. The maximum absolute atomic E-state index is 14.3. The number of ether oxygens (including phenoxy) is 1. The second-order valence-corrected chi connectivity index (χ2v) is 12.3. The van der Waals surface area contributed by atoms with Crippen LogP contribution in [-0.2, 0) is 42.0 Å². The van der Waals surface area contributed by atoms with Gasteiger partial charge in [0.1, 0.15) is 11.4 Å². The van der Waals surface area contributed by atoms with Crippen LogP contribution in [0.15, 0.2) is 41.6 Å². The lowest BCUT2D eigenvalue weighted by molar-refractivity contribution is -0.275. The van der Waals surface area contributed by atoms with Gasteiger partial charge in [-0.3, -0.25) is 4.79 Å². The number of oxime groups is 1. The number of hydrogen-bond donors (Lipinski definition) is 0. The second-order valence-electron chi connectivity index (χ2n) is 9.26. The van der Waals surface area contributed by atoms with E-state index in [0.29, 0.717) is 5.56 Å². The van der Waals surface area contributed by atoms with Gasteiger partial charge >= 0.3 is 6.18 Å². The molecule has 1 spiro atoms. The van der Waals surface area contributed by atoms with Gasteiger partial charge in [0.25, 0.3) is 5.60 Å². The van der Waals surface area contributed by atoms with Gasteiger partial charge in [-0.25, -0.2) is 8.42 Å². The van der Waals surface area contributed by atoms with Crippen LogP contribution >= 0.6 is 23.2 Å². The summed E-state index contributed by atoms with van der Waals surface area (Å²) in [5.41, 5.74) is -1.64. The first-order valence-electron chi connectivity index (χ1n) is 10.7. The molecule has 1 amide bonds. The van der Waals surface area contributed by atoms with Crippen molar-refractivity contribution in [2.45, 2.75) is 30.4 Å². The monoisotopic (exact) mass is 562 g/mol. The van der Waals surface area contributed by atoms with Crippen molar-refractivity contribution in [3.63, 3.8) is 0 Å². The third kappa shape index (κ3) is 4.25.